The van der Waals surface area contributed by atoms with Crippen molar-refractivity contribution < 1.29 is 14.3 Å². The fraction of sp³-hybridized carbons (Fsp3) is 0.303. The van der Waals surface area contributed by atoms with E-state index in [1.165, 1.54) is 18.4 Å². The predicted molar refractivity (Wildman–Crippen MR) is 155 cm³/mol. The van der Waals surface area contributed by atoms with Crippen LogP contribution in [0.4, 0.5) is 0 Å². The number of nitrogens with zero attached hydrogens (tertiary/aromatic N) is 3. The molecule has 0 unspecified atom stereocenters. The van der Waals surface area contributed by atoms with Crippen LogP contribution in [-0.4, -0.2) is 53.6 Å². The predicted octanol–water partition coefficient (Wildman–Crippen LogP) is 4.80. The Kier molecular flexibility index (Phi) is 6.98. The molecule has 7 nitrogen and oxygen atoms in total. The summed E-state index contributed by atoms with van der Waals surface area (Å²) in [7, 11) is 4.21. The van der Waals surface area contributed by atoms with Gasteiger partial charge < -0.3 is 15.0 Å². The Morgan fingerprint density at radius 2 is 1.95 bits per heavy atom. The van der Waals surface area contributed by atoms with Crippen molar-refractivity contribution in [3.63, 3.8) is 0 Å². The maximum absolute atomic E-state index is 12.9. The number of fused-ring (bicyclic) bond motifs is 1. The molecule has 2 aromatic carbocycles. The van der Waals surface area contributed by atoms with Crippen LogP contribution in [0.2, 0.25) is 0 Å². The number of carbonyl (C=O) groups is 2. The van der Waals surface area contributed by atoms with Gasteiger partial charge in [-0.3, -0.25) is 14.3 Å². The van der Waals surface area contributed by atoms with Gasteiger partial charge >= 0.3 is 0 Å². The van der Waals surface area contributed by atoms with E-state index in [2.05, 4.69) is 47.6 Å². The zero-order valence-corrected chi connectivity index (χ0v) is 23.0. The lowest BCUT2D eigenvalue weighted by Crippen LogP contribution is -2.27. The topological polar surface area (TPSA) is 76.5 Å². The zero-order chi connectivity index (χ0) is 27.7. The first-order valence-electron chi connectivity index (χ1n) is 13.8. The number of Topliss-reactive ketones (excluding diaryl/α,β-unsaturated/α-hetero) is 1. The second-order valence-electron chi connectivity index (χ2n) is 11.4. The lowest BCUT2D eigenvalue weighted by atomic mass is 9.93. The minimum atomic E-state index is -0.247. The number of ether oxygens (including phenoxy) is 1. The normalized spacial score (nSPS) is 17.2. The van der Waals surface area contributed by atoms with E-state index in [0.29, 0.717) is 29.8 Å². The van der Waals surface area contributed by atoms with Crippen molar-refractivity contribution in [2.75, 3.05) is 27.2 Å². The molecular weight excluding hydrogens is 500 g/mol. The summed E-state index contributed by atoms with van der Waals surface area (Å²) in [5, 5.41) is 7.29. The molecule has 0 spiro atoms. The summed E-state index contributed by atoms with van der Waals surface area (Å²) >= 11 is 0. The number of ketones is 1. The van der Waals surface area contributed by atoms with Crippen molar-refractivity contribution in [3.05, 3.63) is 112 Å². The van der Waals surface area contributed by atoms with Gasteiger partial charge in [0.1, 0.15) is 5.75 Å². The third-order valence-corrected chi connectivity index (χ3v) is 7.78. The Balaban J connectivity index is 1.11. The van der Waals surface area contributed by atoms with E-state index in [0.717, 1.165) is 35.6 Å². The molecule has 1 aromatic heterocycles. The molecule has 1 amide bonds. The molecule has 6 rings (SSSR count). The van der Waals surface area contributed by atoms with Crippen molar-refractivity contribution in [3.8, 4) is 5.75 Å². The van der Waals surface area contributed by atoms with Crippen LogP contribution in [0, 0.1) is 5.41 Å². The Morgan fingerprint density at radius 1 is 1.12 bits per heavy atom. The summed E-state index contributed by atoms with van der Waals surface area (Å²) in [5.74, 6) is 0.679. The summed E-state index contributed by atoms with van der Waals surface area (Å²) < 4.78 is 7.94. The smallest absolute Gasteiger partial charge is 0.258 e. The Bertz CT molecular complexity index is 1540. The fourth-order valence-corrected chi connectivity index (χ4v) is 5.51. The standard InChI is InChI=1S/C33H34N4O3/c1-36(2)21-33(12-13-33)22-40-29-10-8-24-14-26(15-25(24)16-29)30-17-28(9-11-31(30)38)35-32(39)27-18-34-37(20-27)19-23-6-4-3-5-7-23/h3-10,15-18,20H,11-14,19,21-22H2,1-2H3,(H,35,39). The molecule has 1 saturated carbocycles. The summed E-state index contributed by atoms with van der Waals surface area (Å²) in [6.45, 7) is 2.36. The molecule has 0 bridgehead atoms. The van der Waals surface area contributed by atoms with E-state index in [4.69, 9.17) is 4.74 Å². The first-order chi connectivity index (χ1) is 19.4. The average molecular weight is 535 g/mol. The van der Waals surface area contributed by atoms with Crippen LogP contribution in [0.25, 0.3) is 6.08 Å². The van der Waals surface area contributed by atoms with E-state index in [-0.39, 0.29) is 23.5 Å². The van der Waals surface area contributed by atoms with Gasteiger partial charge in [-0.05, 0) is 73.8 Å². The lowest BCUT2D eigenvalue weighted by molar-refractivity contribution is -0.114. The van der Waals surface area contributed by atoms with Crippen molar-refractivity contribution in [1.82, 2.24) is 20.0 Å². The highest BCUT2D eigenvalue weighted by Gasteiger charge is 2.43. The van der Waals surface area contributed by atoms with Crippen LogP contribution in [0.5, 0.6) is 5.75 Å². The van der Waals surface area contributed by atoms with Gasteiger partial charge in [0.2, 0.25) is 0 Å². The first-order valence-corrected chi connectivity index (χ1v) is 13.8. The van der Waals surface area contributed by atoms with Gasteiger partial charge in [-0.1, -0.05) is 48.6 Å². The minimum Gasteiger partial charge on any atom is -0.493 e. The molecule has 3 aliphatic rings. The van der Waals surface area contributed by atoms with Crippen LogP contribution in [0.3, 0.4) is 0 Å². The van der Waals surface area contributed by atoms with Crippen molar-refractivity contribution in [2.24, 2.45) is 5.41 Å². The maximum atomic E-state index is 12.9. The molecular formula is C33H34N4O3. The van der Waals surface area contributed by atoms with Gasteiger partial charge in [0.05, 0.1) is 24.9 Å². The summed E-state index contributed by atoms with van der Waals surface area (Å²) in [5.41, 5.74) is 6.38. The van der Waals surface area contributed by atoms with Gasteiger partial charge in [-0.2, -0.15) is 5.10 Å². The number of allylic oxidation sites excluding steroid dienone is 4. The van der Waals surface area contributed by atoms with Gasteiger partial charge in [-0.15, -0.1) is 0 Å². The second-order valence-corrected chi connectivity index (χ2v) is 11.4. The number of carbonyl (C=O) groups excluding carboxylic acids is 2. The third kappa shape index (κ3) is 5.84. The molecule has 40 heavy (non-hydrogen) atoms. The molecule has 3 aliphatic carbocycles. The van der Waals surface area contributed by atoms with Gasteiger partial charge in [-0.25, -0.2) is 0 Å². The fourth-order valence-electron chi connectivity index (χ4n) is 5.51. The molecule has 0 atom stereocenters. The summed E-state index contributed by atoms with van der Waals surface area (Å²) in [6, 6.07) is 16.2. The van der Waals surface area contributed by atoms with Crippen LogP contribution < -0.4 is 10.1 Å². The highest BCUT2D eigenvalue weighted by atomic mass is 16.5. The molecule has 0 aliphatic heterocycles. The Morgan fingerprint density at radius 3 is 2.73 bits per heavy atom. The SMILES string of the molecule is CN(C)CC1(COc2ccc3c(c2)C=C(C2=CC(NC(=O)c4cnn(Cc5ccccc5)c4)=CCC2=O)C3)CC1. The number of nitrogens with one attached hydrogen (secondary N) is 1. The number of rotatable bonds is 10. The van der Waals surface area contributed by atoms with Crippen molar-refractivity contribution in [2.45, 2.75) is 32.2 Å². The number of aromatic nitrogens is 2. The lowest BCUT2D eigenvalue weighted by Gasteiger charge is -2.20. The van der Waals surface area contributed by atoms with Crippen molar-refractivity contribution >= 4 is 17.8 Å². The van der Waals surface area contributed by atoms with Crippen molar-refractivity contribution in [1.29, 1.82) is 0 Å². The van der Waals surface area contributed by atoms with Gasteiger partial charge in [0.25, 0.3) is 5.91 Å². The number of benzene rings is 2. The van der Waals surface area contributed by atoms with E-state index >= 15 is 0 Å². The van der Waals surface area contributed by atoms with E-state index in [9.17, 15) is 9.59 Å². The highest BCUT2D eigenvalue weighted by molar-refractivity contribution is 6.04. The molecule has 0 saturated heterocycles. The number of hydrogen-bond acceptors (Lipinski definition) is 5. The van der Waals surface area contributed by atoms with E-state index < -0.39 is 0 Å². The van der Waals surface area contributed by atoms with Crippen LogP contribution in [-0.2, 0) is 17.8 Å². The van der Waals surface area contributed by atoms with Gasteiger partial charge in [0.15, 0.2) is 5.78 Å². The average Bonchev–Trinajstić information content (AvgIpc) is 3.32. The van der Waals surface area contributed by atoms with Gasteiger partial charge in [0, 0.05) is 35.8 Å². The number of amides is 1. The molecule has 1 heterocycles. The van der Waals surface area contributed by atoms with E-state index in [1.807, 2.05) is 36.4 Å². The van der Waals surface area contributed by atoms with Crippen LogP contribution >= 0.6 is 0 Å². The third-order valence-electron chi connectivity index (χ3n) is 7.78. The Labute approximate surface area is 234 Å². The Hall–Kier alpha value is -4.23. The summed E-state index contributed by atoms with van der Waals surface area (Å²) in [6.07, 6.45) is 12.3. The second kappa shape index (κ2) is 10.7. The minimum absolute atomic E-state index is 0.0589. The molecule has 3 aromatic rings. The monoisotopic (exact) mass is 534 g/mol. The summed E-state index contributed by atoms with van der Waals surface area (Å²) in [4.78, 5) is 28.1. The quantitative estimate of drug-likeness (QED) is 0.404. The molecule has 0 radical (unpaired) electrons. The molecule has 1 fully saturated rings. The largest absolute Gasteiger partial charge is 0.493 e. The molecule has 204 valence electrons. The highest BCUT2D eigenvalue weighted by Crippen LogP contribution is 2.46. The first kappa shape index (κ1) is 26.0. The maximum Gasteiger partial charge on any atom is 0.258 e. The van der Waals surface area contributed by atoms with E-state index in [1.54, 1.807) is 29.2 Å². The zero-order valence-electron chi connectivity index (χ0n) is 23.0. The number of hydrogen-bond donors (Lipinski definition) is 1. The van der Waals surface area contributed by atoms with Crippen LogP contribution in [0.15, 0.2) is 89.9 Å². The molecule has 1 N–H and O–H groups in total. The molecule has 7 heteroatoms. The van der Waals surface area contributed by atoms with Crippen LogP contribution in [0.1, 0.15) is 46.3 Å².